The molecule has 24 heavy (non-hydrogen) atoms. The van der Waals surface area contributed by atoms with E-state index in [2.05, 4.69) is 10.2 Å². The summed E-state index contributed by atoms with van der Waals surface area (Å²) in [6.07, 6.45) is 1.35. The van der Waals surface area contributed by atoms with E-state index in [-0.39, 0.29) is 24.7 Å². The highest BCUT2D eigenvalue weighted by molar-refractivity contribution is 7.88. The van der Waals surface area contributed by atoms with Gasteiger partial charge in [0.25, 0.3) is 0 Å². The Balaban J connectivity index is 1.58. The van der Waals surface area contributed by atoms with Gasteiger partial charge in [-0.15, -0.1) is 0 Å². The topological polar surface area (TPSA) is 109 Å². The number of rotatable bonds is 5. The molecule has 4 rings (SSSR count). The van der Waals surface area contributed by atoms with E-state index in [1.165, 1.54) is 4.31 Å². The van der Waals surface area contributed by atoms with Gasteiger partial charge in [0.2, 0.25) is 15.9 Å². The highest BCUT2D eigenvalue weighted by atomic mass is 32.2. The minimum absolute atomic E-state index is 0.0398. The average Bonchev–Trinajstić information content (AvgIpc) is 3.07. The highest BCUT2D eigenvalue weighted by Crippen LogP contribution is 2.49. The maximum Gasteiger partial charge on any atom is 0.229 e. The summed E-state index contributed by atoms with van der Waals surface area (Å²) in [6.45, 7) is 0.498. The Morgan fingerprint density at radius 1 is 1.25 bits per heavy atom. The van der Waals surface area contributed by atoms with Crippen LogP contribution < -0.4 is 5.73 Å². The van der Waals surface area contributed by atoms with Crippen molar-refractivity contribution in [3.05, 3.63) is 52.8 Å². The third kappa shape index (κ3) is 2.33. The van der Waals surface area contributed by atoms with Gasteiger partial charge in [-0.2, -0.15) is 9.40 Å². The van der Waals surface area contributed by atoms with Crippen LogP contribution in [0.15, 0.2) is 30.3 Å². The Morgan fingerprint density at radius 2 is 1.96 bits per heavy atom. The van der Waals surface area contributed by atoms with Gasteiger partial charge in [0.15, 0.2) is 0 Å². The van der Waals surface area contributed by atoms with E-state index < -0.39 is 15.4 Å². The maximum atomic E-state index is 12.7. The average molecular weight is 346 g/mol. The molecule has 1 aliphatic carbocycles. The fraction of sp³-hybridized carbons (Fsp3) is 0.375. The molecule has 1 aliphatic heterocycles. The van der Waals surface area contributed by atoms with E-state index in [1.54, 1.807) is 12.1 Å². The van der Waals surface area contributed by atoms with Gasteiger partial charge in [-0.25, -0.2) is 8.42 Å². The number of carbonyl (C=O) groups is 1. The fourth-order valence-electron chi connectivity index (χ4n) is 3.30. The number of amides is 1. The quantitative estimate of drug-likeness (QED) is 0.833. The molecule has 2 aliphatic rings. The number of aromatic nitrogens is 2. The first kappa shape index (κ1) is 15.3. The summed E-state index contributed by atoms with van der Waals surface area (Å²) in [5, 5.41) is 7.14. The van der Waals surface area contributed by atoms with Crippen LogP contribution in [0.1, 0.15) is 35.4 Å². The lowest BCUT2D eigenvalue weighted by atomic mass is 9.97. The van der Waals surface area contributed by atoms with Crippen LogP contribution in [-0.4, -0.2) is 28.8 Å². The molecular weight excluding hydrogens is 328 g/mol. The number of H-pyrrole nitrogens is 1. The smallest absolute Gasteiger partial charge is 0.229 e. The van der Waals surface area contributed by atoms with Crippen molar-refractivity contribution in [2.24, 2.45) is 5.73 Å². The molecule has 1 fully saturated rings. The van der Waals surface area contributed by atoms with Gasteiger partial charge in [0.05, 0.1) is 29.1 Å². The predicted octanol–water partition coefficient (Wildman–Crippen LogP) is 0.772. The number of hydrogen-bond acceptors (Lipinski definition) is 4. The number of carbonyl (C=O) groups excluding carboxylic acids is 1. The van der Waals surface area contributed by atoms with Crippen molar-refractivity contribution in [2.45, 2.75) is 37.1 Å². The number of primary amides is 1. The summed E-state index contributed by atoms with van der Waals surface area (Å²) >= 11 is 0. The predicted molar refractivity (Wildman–Crippen MR) is 87.0 cm³/mol. The molecule has 0 saturated heterocycles. The summed E-state index contributed by atoms with van der Waals surface area (Å²) in [5.41, 5.74) is 7.76. The van der Waals surface area contributed by atoms with Gasteiger partial charge in [-0.1, -0.05) is 30.3 Å². The molecule has 3 N–H and O–H groups in total. The summed E-state index contributed by atoms with van der Waals surface area (Å²) < 4.78 is 26.8. The van der Waals surface area contributed by atoms with E-state index in [0.717, 1.165) is 16.8 Å². The molecule has 2 heterocycles. The number of nitrogens with two attached hydrogens (primary N) is 1. The van der Waals surface area contributed by atoms with Crippen LogP contribution >= 0.6 is 0 Å². The minimum atomic E-state index is -3.44. The number of nitrogens with one attached hydrogen (secondary N) is 1. The first-order valence-electron chi connectivity index (χ1n) is 7.81. The van der Waals surface area contributed by atoms with Crippen LogP contribution in [-0.2, 0) is 39.1 Å². The van der Waals surface area contributed by atoms with Gasteiger partial charge in [0, 0.05) is 12.1 Å². The minimum Gasteiger partial charge on any atom is -0.369 e. The molecule has 1 aromatic carbocycles. The SMILES string of the molecule is NC(=O)C1(c2n[nH]c3c2CN(S(=O)(=O)Cc2ccccc2)C3)CC1. The summed E-state index contributed by atoms with van der Waals surface area (Å²) in [5.74, 6) is -0.427. The second kappa shape index (κ2) is 5.15. The van der Waals surface area contributed by atoms with Gasteiger partial charge >= 0.3 is 0 Å². The normalized spacial score (nSPS) is 19.2. The van der Waals surface area contributed by atoms with E-state index in [1.807, 2.05) is 18.2 Å². The van der Waals surface area contributed by atoms with Crippen LogP contribution in [0.5, 0.6) is 0 Å². The second-order valence-electron chi connectivity index (χ2n) is 6.49. The molecule has 2 aromatic rings. The second-order valence-corrected chi connectivity index (χ2v) is 8.45. The molecular formula is C16H18N4O3S. The first-order valence-corrected chi connectivity index (χ1v) is 9.41. The molecule has 0 bridgehead atoms. The monoisotopic (exact) mass is 346 g/mol. The molecule has 1 amide bonds. The number of sulfonamides is 1. The highest BCUT2D eigenvalue weighted by Gasteiger charge is 2.54. The van der Waals surface area contributed by atoms with Crippen molar-refractivity contribution in [2.75, 3.05) is 0 Å². The van der Waals surface area contributed by atoms with Gasteiger partial charge in [-0.05, 0) is 18.4 Å². The number of hydrogen-bond donors (Lipinski definition) is 2. The van der Waals surface area contributed by atoms with E-state index in [0.29, 0.717) is 18.5 Å². The zero-order chi connectivity index (χ0) is 16.9. The molecule has 0 unspecified atom stereocenters. The third-order valence-electron chi connectivity index (χ3n) is 4.88. The Hall–Kier alpha value is -2.19. The molecule has 1 aromatic heterocycles. The van der Waals surface area contributed by atoms with Crippen molar-refractivity contribution in [3.8, 4) is 0 Å². The lowest BCUT2D eigenvalue weighted by Gasteiger charge is -2.16. The van der Waals surface area contributed by atoms with Crippen molar-refractivity contribution in [1.29, 1.82) is 0 Å². The van der Waals surface area contributed by atoms with E-state index in [4.69, 9.17) is 5.73 Å². The van der Waals surface area contributed by atoms with Crippen molar-refractivity contribution >= 4 is 15.9 Å². The number of benzene rings is 1. The van der Waals surface area contributed by atoms with Gasteiger partial charge < -0.3 is 5.73 Å². The van der Waals surface area contributed by atoms with Crippen LogP contribution in [0.25, 0.3) is 0 Å². The van der Waals surface area contributed by atoms with Gasteiger partial charge in [-0.3, -0.25) is 9.89 Å². The Labute approximate surface area is 139 Å². The maximum absolute atomic E-state index is 12.7. The zero-order valence-electron chi connectivity index (χ0n) is 13.0. The summed E-state index contributed by atoms with van der Waals surface area (Å²) in [4.78, 5) is 11.7. The lowest BCUT2D eigenvalue weighted by Crippen LogP contribution is -2.31. The number of nitrogens with zero attached hydrogens (tertiary/aromatic N) is 2. The fourth-order valence-corrected chi connectivity index (χ4v) is 4.75. The zero-order valence-corrected chi connectivity index (χ0v) is 13.8. The van der Waals surface area contributed by atoms with Gasteiger partial charge in [0.1, 0.15) is 0 Å². The summed E-state index contributed by atoms with van der Waals surface area (Å²) in [6, 6.07) is 9.10. The van der Waals surface area contributed by atoms with Crippen molar-refractivity contribution in [1.82, 2.24) is 14.5 Å². The van der Waals surface area contributed by atoms with Crippen LogP contribution in [0.3, 0.4) is 0 Å². The lowest BCUT2D eigenvalue weighted by molar-refractivity contribution is -0.120. The molecule has 7 nitrogen and oxygen atoms in total. The Bertz CT molecular complexity index is 901. The van der Waals surface area contributed by atoms with Crippen LogP contribution in [0, 0.1) is 0 Å². The molecule has 1 saturated carbocycles. The Morgan fingerprint density at radius 3 is 2.58 bits per heavy atom. The largest absolute Gasteiger partial charge is 0.369 e. The molecule has 0 spiro atoms. The Kier molecular flexibility index (Phi) is 3.29. The molecule has 8 heteroatoms. The van der Waals surface area contributed by atoms with Crippen LogP contribution in [0.4, 0.5) is 0 Å². The molecule has 0 atom stereocenters. The summed E-state index contributed by atoms with van der Waals surface area (Å²) in [7, 11) is -3.44. The van der Waals surface area contributed by atoms with Crippen molar-refractivity contribution < 1.29 is 13.2 Å². The molecule has 126 valence electrons. The number of fused-ring (bicyclic) bond motifs is 1. The van der Waals surface area contributed by atoms with E-state index >= 15 is 0 Å². The van der Waals surface area contributed by atoms with Crippen LogP contribution in [0.2, 0.25) is 0 Å². The molecule has 0 radical (unpaired) electrons. The van der Waals surface area contributed by atoms with Crippen molar-refractivity contribution in [3.63, 3.8) is 0 Å². The third-order valence-corrected chi connectivity index (χ3v) is 6.63. The standard InChI is InChI=1S/C16H18N4O3S/c17-15(21)16(6-7-16)14-12-8-20(9-13(12)18-19-14)24(22,23)10-11-4-2-1-3-5-11/h1-5H,6-10H2,(H2,17,21)(H,18,19). The first-order chi connectivity index (χ1) is 11.4. The van der Waals surface area contributed by atoms with E-state index in [9.17, 15) is 13.2 Å². The number of aromatic amines is 1.